The van der Waals surface area contributed by atoms with Crippen LogP contribution in [0.2, 0.25) is 0 Å². The number of anilines is 1. The van der Waals surface area contributed by atoms with Gasteiger partial charge in [-0.3, -0.25) is 4.79 Å². The third-order valence-corrected chi connectivity index (χ3v) is 8.97. The third-order valence-electron chi connectivity index (χ3n) is 6.99. The molecule has 0 unspecified atom stereocenters. The average molecular weight is 538 g/mol. The maximum absolute atomic E-state index is 13.4. The number of nitrogens with zero attached hydrogens (tertiary/aromatic N) is 5. The van der Waals surface area contributed by atoms with Crippen LogP contribution in [0.3, 0.4) is 0 Å². The maximum atomic E-state index is 13.4. The van der Waals surface area contributed by atoms with Crippen LogP contribution in [0.4, 0.5) is 5.82 Å². The predicted molar refractivity (Wildman–Crippen MR) is 148 cm³/mol. The summed E-state index contributed by atoms with van der Waals surface area (Å²) in [7, 11) is -2.32. The fourth-order valence-electron chi connectivity index (χ4n) is 4.35. The SMILES string of the molecule is CC[C@@H](C)N(CC(=O)N1CCN(c2ccc(-c3ccc(C)cc3)nn2)CC1)S(=O)(=O)c1ccc(OC)cc1. The second kappa shape index (κ2) is 11.9. The quantitative estimate of drug-likeness (QED) is 0.412. The van der Waals surface area contributed by atoms with Crippen LogP contribution < -0.4 is 9.64 Å². The molecule has 4 rings (SSSR count). The van der Waals surface area contributed by atoms with E-state index in [0.717, 1.165) is 17.1 Å². The molecular weight excluding hydrogens is 502 g/mol. The molecule has 38 heavy (non-hydrogen) atoms. The van der Waals surface area contributed by atoms with E-state index < -0.39 is 10.0 Å². The fourth-order valence-corrected chi connectivity index (χ4v) is 6.01. The zero-order chi connectivity index (χ0) is 27.3. The molecule has 9 nitrogen and oxygen atoms in total. The minimum Gasteiger partial charge on any atom is -0.497 e. The Morgan fingerprint density at radius 2 is 1.63 bits per heavy atom. The Balaban J connectivity index is 1.39. The summed E-state index contributed by atoms with van der Waals surface area (Å²) in [4.78, 5) is 17.2. The molecule has 10 heteroatoms. The smallest absolute Gasteiger partial charge is 0.243 e. The highest BCUT2D eigenvalue weighted by Gasteiger charge is 2.32. The highest BCUT2D eigenvalue weighted by molar-refractivity contribution is 7.89. The molecule has 2 aromatic carbocycles. The number of methoxy groups -OCH3 is 1. The normalized spacial score (nSPS) is 15.0. The Kier molecular flexibility index (Phi) is 8.63. The van der Waals surface area contributed by atoms with Gasteiger partial charge in [-0.1, -0.05) is 36.8 Å². The number of amides is 1. The number of aromatic nitrogens is 2. The first-order valence-electron chi connectivity index (χ1n) is 12.8. The van der Waals surface area contributed by atoms with Gasteiger partial charge in [-0.25, -0.2) is 8.42 Å². The molecule has 1 aromatic heterocycles. The van der Waals surface area contributed by atoms with E-state index >= 15 is 0 Å². The Labute approximate surface area is 225 Å². The van der Waals surface area contributed by atoms with Gasteiger partial charge in [0.15, 0.2) is 5.82 Å². The number of sulfonamides is 1. The van der Waals surface area contributed by atoms with Gasteiger partial charge in [0.1, 0.15) is 5.75 Å². The molecule has 202 valence electrons. The molecule has 0 spiro atoms. The van der Waals surface area contributed by atoms with Crippen molar-refractivity contribution < 1.29 is 17.9 Å². The maximum Gasteiger partial charge on any atom is 0.243 e. The number of piperazine rings is 1. The van der Waals surface area contributed by atoms with E-state index in [9.17, 15) is 13.2 Å². The molecule has 0 radical (unpaired) electrons. The molecular formula is C28H35N5O4S. The van der Waals surface area contributed by atoms with E-state index in [2.05, 4.69) is 15.1 Å². The molecule has 1 amide bonds. The van der Waals surface area contributed by atoms with Crippen molar-refractivity contribution in [1.29, 1.82) is 0 Å². The first kappa shape index (κ1) is 27.5. The monoisotopic (exact) mass is 537 g/mol. The number of carbonyl (C=O) groups excluding carboxylic acids is 1. The Morgan fingerprint density at radius 3 is 2.18 bits per heavy atom. The summed E-state index contributed by atoms with van der Waals surface area (Å²) in [6, 6.07) is 18.0. The molecule has 1 aliphatic rings. The predicted octanol–water partition coefficient (Wildman–Crippen LogP) is 3.60. The van der Waals surface area contributed by atoms with Crippen molar-refractivity contribution >= 4 is 21.7 Å². The van der Waals surface area contributed by atoms with Gasteiger partial charge in [-0.05, 0) is 56.7 Å². The lowest BCUT2D eigenvalue weighted by atomic mass is 10.1. The number of benzene rings is 2. The molecule has 0 bridgehead atoms. The average Bonchev–Trinajstić information content (AvgIpc) is 2.96. The van der Waals surface area contributed by atoms with Gasteiger partial charge in [0, 0.05) is 37.8 Å². The standard InChI is InChI=1S/C28H35N5O4S/c1-5-22(3)33(38(35,36)25-12-10-24(37-4)11-13-25)20-28(34)32-18-16-31(17-19-32)27-15-14-26(29-30-27)23-8-6-21(2)7-9-23/h6-15,22H,5,16-20H2,1-4H3/t22-/m1/s1. The molecule has 1 saturated heterocycles. The fraction of sp³-hybridized carbons (Fsp3) is 0.393. The summed E-state index contributed by atoms with van der Waals surface area (Å²) in [5.41, 5.74) is 3.02. The third kappa shape index (κ3) is 6.14. The summed E-state index contributed by atoms with van der Waals surface area (Å²) in [6.45, 7) is 7.74. The second-order valence-corrected chi connectivity index (χ2v) is 11.4. The Hall–Kier alpha value is -3.50. The lowest BCUT2D eigenvalue weighted by molar-refractivity contribution is -0.132. The van der Waals surface area contributed by atoms with Crippen molar-refractivity contribution in [3.8, 4) is 17.0 Å². The number of hydrogen-bond acceptors (Lipinski definition) is 7. The van der Waals surface area contributed by atoms with Gasteiger partial charge in [-0.2, -0.15) is 4.31 Å². The Bertz CT molecular complexity index is 1320. The van der Waals surface area contributed by atoms with Crippen LogP contribution in [0.1, 0.15) is 25.8 Å². The molecule has 0 saturated carbocycles. The molecule has 1 atom stereocenters. The molecule has 1 aliphatic heterocycles. The molecule has 2 heterocycles. The summed E-state index contributed by atoms with van der Waals surface area (Å²) in [5.74, 6) is 1.13. The molecule has 1 fully saturated rings. The van der Waals surface area contributed by atoms with Crippen LogP contribution in [0.5, 0.6) is 5.75 Å². The zero-order valence-corrected chi connectivity index (χ0v) is 23.2. The summed E-state index contributed by atoms with van der Waals surface area (Å²) in [6.07, 6.45) is 0.591. The van der Waals surface area contributed by atoms with Crippen molar-refractivity contribution in [3.63, 3.8) is 0 Å². The minimum atomic E-state index is -3.85. The van der Waals surface area contributed by atoms with Gasteiger partial charge in [-0.15, -0.1) is 10.2 Å². The van der Waals surface area contributed by atoms with Crippen LogP contribution in [0.25, 0.3) is 11.3 Å². The van der Waals surface area contributed by atoms with Gasteiger partial charge < -0.3 is 14.5 Å². The van der Waals surface area contributed by atoms with E-state index in [0.29, 0.717) is 38.3 Å². The summed E-state index contributed by atoms with van der Waals surface area (Å²) in [5, 5.41) is 8.80. The van der Waals surface area contributed by atoms with Crippen LogP contribution in [-0.2, 0) is 14.8 Å². The van der Waals surface area contributed by atoms with E-state index in [1.807, 2.05) is 57.2 Å². The number of rotatable bonds is 9. The van der Waals surface area contributed by atoms with Crippen molar-refractivity contribution in [2.45, 2.75) is 38.1 Å². The molecule has 3 aromatic rings. The van der Waals surface area contributed by atoms with Gasteiger partial charge in [0.05, 0.1) is 24.2 Å². The number of ether oxygens (including phenoxy) is 1. The lowest BCUT2D eigenvalue weighted by Crippen LogP contribution is -2.53. The van der Waals surface area contributed by atoms with Crippen LogP contribution in [0, 0.1) is 6.92 Å². The molecule has 0 aliphatic carbocycles. The van der Waals surface area contributed by atoms with Crippen LogP contribution in [0.15, 0.2) is 65.6 Å². The van der Waals surface area contributed by atoms with Crippen LogP contribution >= 0.6 is 0 Å². The first-order valence-corrected chi connectivity index (χ1v) is 14.3. The van der Waals surface area contributed by atoms with E-state index in [1.165, 1.54) is 29.1 Å². The van der Waals surface area contributed by atoms with E-state index in [-0.39, 0.29) is 23.4 Å². The van der Waals surface area contributed by atoms with E-state index in [4.69, 9.17) is 4.74 Å². The second-order valence-electron chi connectivity index (χ2n) is 9.49. The van der Waals surface area contributed by atoms with Crippen molar-refractivity contribution in [2.75, 3.05) is 44.7 Å². The Morgan fingerprint density at radius 1 is 0.974 bits per heavy atom. The largest absolute Gasteiger partial charge is 0.497 e. The molecule has 0 N–H and O–H groups in total. The summed E-state index contributed by atoms with van der Waals surface area (Å²) < 4.78 is 33.3. The van der Waals surface area contributed by atoms with Crippen molar-refractivity contribution in [3.05, 3.63) is 66.2 Å². The lowest BCUT2D eigenvalue weighted by Gasteiger charge is -2.36. The van der Waals surface area contributed by atoms with Crippen molar-refractivity contribution in [1.82, 2.24) is 19.4 Å². The first-order chi connectivity index (χ1) is 18.2. The van der Waals surface area contributed by atoms with Gasteiger partial charge in [0.2, 0.25) is 15.9 Å². The highest BCUT2D eigenvalue weighted by atomic mass is 32.2. The summed E-state index contributed by atoms with van der Waals surface area (Å²) >= 11 is 0. The van der Waals surface area contributed by atoms with Gasteiger partial charge >= 0.3 is 0 Å². The number of aryl methyl sites for hydroxylation is 1. The number of hydrogen-bond donors (Lipinski definition) is 0. The van der Waals surface area contributed by atoms with Crippen molar-refractivity contribution in [2.24, 2.45) is 0 Å². The van der Waals surface area contributed by atoms with Gasteiger partial charge in [0.25, 0.3) is 0 Å². The topological polar surface area (TPSA) is 95.9 Å². The highest BCUT2D eigenvalue weighted by Crippen LogP contribution is 2.23. The van der Waals surface area contributed by atoms with Crippen LogP contribution in [-0.4, -0.2) is 79.6 Å². The number of carbonyl (C=O) groups is 1. The zero-order valence-electron chi connectivity index (χ0n) is 22.4. The van der Waals surface area contributed by atoms with E-state index in [1.54, 1.807) is 17.0 Å². The minimum absolute atomic E-state index is 0.142.